The van der Waals surface area contributed by atoms with Crippen molar-refractivity contribution in [1.82, 2.24) is 4.58 Å². The zero-order valence-corrected chi connectivity index (χ0v) is 31.1. The molecular weight excluding hydrogens is 544 g/mol. The normalized spacial score (nSPS) is 16.6. The van der Waals surface area contributed by atoms with E-state index in [4.69, 9.17) is 0 Å². The molecule has 0 aliphatic carbocycles. The van der Waals surface area contributed by atoms with Gasteiger partial charge in [-0.05, 0) is 129 Å². The van der Waals surface area contributed by atoms with Gasteiger partial charge in [-0.25, -0.2) is 4.58 Å². The second-order valence-electron chi connectivity index (χ2n) is 13.5. The van der Waals surface area contributed by atoms with Crippen LogP contribution in [0.2, 0.25) is 0 Å². The number of aryl methyl sites for hydroxylation is 2. The van der Waals surface area contributed by atoms with Crippen molar-refractivity contribution in [1.29, 1.82) is 0 Å². The van der Waals surface area contributed by atoms with Gasteiger partial charge in [0.25, 0.3) is 0 Å². The van der Waals surface area contributed by atoms with Gasteiger partial charge in [0, 0.05) is 43.3 Å². The summed E-state index contributed by atoms with van der Waals surface area (Å²) in [4.78, 5) is 2.54. The van der Waals surface area contributed by atoms with Gasteiger partial charge in [0.15, 0.2) is 5.54 Å². The molecule has 0 aromatic heterocycles. The summed E-state index contributed by atoms with van der Waals surface area (Å²) in [6, 6.07) is 21.1. The van der Waals surface area contributed by atoms with Crippen molar-refractivity contribution in [2.45, 2.75) is 121 Å². The Morgan fingerprint density at radius 2 is 1.36 bits per heavy atom. The molecule has 0 atom stereocenters. The van der Waals surface area contributed by atoms with Crippen LogP contribution in [0, 0.1) is 6.92 Å². The van der Waals surface area contributed by atoms with Gasteiger partial charge in [0.05, 0.1) is 5.54 Å². The predicted octanol–water partition coefficient (Wildman–Crippen LogP) is 9.98. The molecule has 45 heavy (non-hydrogen) atoms. The lowest BCUT2D eigenvalue weighted by Crippen LogP contribution is -2.49. The standard InChI is InChI=1S/C38H47N2.C3H8.C2H6/c1-11-28-16-14-15-17-30(28)36(29-18-19-34-31(21-29)26(5)23-37(7,8)39(34)12-2)33-22-32-27(6)24-38(9,10)40(13-3)35(32)20-25(33)4;1-3-2;1-2/h14-24H,11-13H2,1-10H3;3H2,1-2H3;1-2H3/q+1;;. The maximum absolute atomic E-state index is 2.54. The minimum Gasteiger partial charge on any atom is -0.363 e. The lowest BCUT2D eigenvalue weighted by Gasteiger charge is -2.43. The van der Waals surface area contributed by atoms with Crippen LogP contribution < -0.4 is 20.1 Å². The number of benzene rings is 3. The van der Waals surface area contributed by atoms with E-state index in [2.05, 4.69) is 159 Å². The summed E-state index contributed by atoms with van der Waals surface area (Å²) < 4.78 is 2.53. The minimum absolute atomic E-state index is 0.00241. The van der Waals surface area contributed by atoms with E-state index in [0.717, 1.165) is 19.5 Å². The Balaban J connectivity index is 0.00000104. The van der Waals surface area contributed by atoms with E-state index in [1.807, 2.05) is 13.8 Å². The maximum Gasteiger partial charge on any atom is 0.208 e. The van der Waals surface area contributed by atoms with Crippen LogP contribution in [0.15, 0.2) is 66.7 Å². The SMILES string of the molecule is CC.CCC.CCc1ccccc1/C(c1cc2c(cc1C)N(CC)C(C)(C)C=C2C)=c1/ccc2c(c1)C(C)=CC(C)(C)[N+]=2CC. The number of fused-ring (bicyclic) bond motifs is 2. The molecule has 0 amide bonds. The zero-order chi connectivity index (χ0) is 33.7. The van der Waals surface area contributed by atoms with Crippen LogP contribution in [0.1, 0.15) is 130 Å². The molecule has 0 radical (unpaired) electrons. The number of anilines is 1. The van der Waals surface area contributed by atoms with E-state index in [1.54, 1.807) is 0 Å². The van der Waals surface area contributed by atoms with Crippen molar-refractivity contribution < 1.29 is 0 Å². The molecular formula is C43H61N2+. The number of hydrogen-bond donors (Lipinski definition) is 0. The maximum atomic E-state index is 2.54. The second-order valence-corrected chi connectivity index (χ2v) is 13.5. The van der Waals surface area contributed by atoms with Gasteiger partial charge in [0.1, 0.15) is 6.54 Å². The van der Waals surface area contributed by atoms with Crippen LogP contribution in [0.25, 0.3) is 16.7 Å². The molecule has 0 bridgehead atoms. The summed E-state index contributed by atoms with van der Waals surface area (Å²) in [6.45, 7) is 33.1. The molecule has 0 N–H and O–H groups in total. The van der Waals surface area contributed by atoms with Crippen molar-refractivity contribution in [3.63, 3.8) is 0 Å². The van der Waals surface area contributed by atoms with Gasteiger partial charge in [-0.15, -0.1) is 0 Å². The van der Waals surface area contributed by atoms with Crippen LogP contribution >= 0.6 is 0 Å². The van der Waals surface area contributed by atoms with Crippen LogP contribution in [-0.2, 0) is 6.42 Å². The smallest absolute Gasteiger partial charge is 0.208 e. The highest BCUT2D eigenvalue weighted by Gasteiger charge is 2.33. The van der Waals surface area contributed by atoms with Crippen molar-refractivity contribution in [2.75, 3.05) is 18.0 Å². The lowest BCUT2D eigenvalue weighted by atomic mass is 9.83. The number of allylic oxidation sites excluding steroid dienone is 2. The number of rotatable bonds is 5. The molecule has 0 fully saturated rings. The first kappa shape index (κ1) is 36.1. The third kappa shape index (κ3) is 7.06. The van der Waals surface area contributed by atoms with E-state index >= 15 is 0 Å². The highest BCUT2D eigenvalue weighted by Crippen LogP contribution is 2.42. The Labute approximate surface area is 275 Å². The molecule has 3 aromatic carbocycles. The summed E-state index contributed by atoms with van der Waals surface area (Å²) in [6.07, 6.45) is 7.12. The third-order valence-corrected chi connectivity index (χ3v) is 9.16. The van der Waals surface area contributed by atoms with Crippen molar-refractivity contribution in [3.8, 4) is 0 Å². The molecule has 2 aliphatic heterocycles. The average molecular weight is 606 g/mol. The van der Waals surface area contributed by atoms with Crippen molar-refractivity contribution in [2.24, 2.45) is 0 Å². The molecule has 2 aliphatic rings. The second kappa shape index (κ2) is 14.8. The molecule has 0 saturated carbocycles. The van der Waals surface area contributed by atoms with Crippen molar-refractivity contribution >= 4 is 22.4 Å². The van der Waals surface area contributed by atoms with E-state index in [-0.39, 0.29) is 11.1 Å². The largest absolute Gasteiger partial charge is 0.363 e. The topological polar surface area (TPSA) is 6.25 Å². The molecule has 0 spiro atoms. The van der Waals surface area contributed by atoms with E-state index < -0.39 is 0 Å². The highest BCUT2D eigenvalue weighted by atomic mass is 15.2. The van der Waals surface area contributed by atoms with Gasteiger partial charge < -0.3 is 4.90 Å². The highest BCUT2D eigenvalue weighted by molar-refractivity contribution is 5.89. The molecule has 2 heterocycles. The van der Waals surface area contributed by atoms with E-state index in [1.165, 1.54) is 72.8 Å². The Morgan fingerprint density at radius 1 is 0.733 bits per heavy atom. The fourth-order valence-electron chi connectivity index (χ4n) is 7.42. The molecule has 2 heteroatoms. The first-order valence-electron chi connectivity index (χ1n) is 17.5. The molecule has 5 rings (SSSR count). The summed E-state index contributed by atoms with van der Waals surface area (Å²) in [5.74, 6) is 0. The van der Waals surface area contributed by atoms with Crippen molar-refractivity contribution in [3.05, 3.63) is 111 Å². The Kier molecular flexibility index (Phi) is 11.9. The van der Waals surface area contributed by atoms with Crippen LogP contribution in [0.5, 0.6) is 0 Å². The van der Waals surface area contributed by atoms with Crippen LogP contribution in [-0.4, -0.2) is 24.2 Å². The molecule has 2 nitrogen and oxygen atoms in total. The van der Waals surface area contributed by atoms with Gasteiger partial charge in [-0.3, -0.25) is 0 Å². The first-order chi connectivity index (χ1) is 21.3. The number of likely N-dealkylation sites (N-methyl/N-ethyl adjacent to an activating group) is 2. The molecule has 0 unspecified atom stereocenters. The molecule has 0 saturated heterocycles. The van der Waals surface area contributed by atoms with E-state index in [9.17, 15) is 0 Å². The van der Waals surface area contributed by atoms with Gasteiger partial charge >= 0.3 is 0 Å². The van der Waals surface area contributed by atoms with Crippen LogP contribution in [0.4, 0.5) is 5.69 Å². The number of hydrogen-bond acceptors (Lipinski definition) is 1. The first-order valence-corrected chi connectivity index (χ1v) is 17.5. The van der Waals surface area contributed by atoms with Gasteiger partial charge in [0.2, 0.25) is 5.36 Å². The summed E-state index contributed by atoms with van der Waals surface area (Å²) in [7, 11) is 0. The zero-order valence-electron chi connectivity index (χ0n) is 31.1. The summed E-state index contributed by atoms with van der Waals surface area (Å²) in [5, 5.41) is 2.62. The Morgan fingerprint density at radius 3 is 1.96 bits per heavy atom. The van der Waals surface area contributed by atoms with E-state index in [0.29, 0.717) is 0 Å². The minimum atomic E-state index is 0.00241. The lowest BCUT2D eigenvalue weighted by molar-refractivity contribution is 0.402. The summed E-state index contributed by atoms with van der Waals surface area (Å²) >= 11 is 0. The Bertz CT molecular complexity index is 1690. The fraction of sp³-hybridized carbons (Fsp3) is 0.465. The number of nitrogens with zero attached hydrogens (tertiary/aromatic N) is 2. The third-order valence-electron chi connectivity index (χ3n) is 9.16. The molecule has 242 valence electrons. The monoisotopic (exact) mass is 605 g/mol. The fourth-order valence-corrected chi connectivity index (χ4v) is 7.42. The average Bonchev–Trinajstić information content (AvgIpc) is 2.99. The van der Waals surface area contributed by atoms with Crippen LogP contribution in [0.3, 0.4) is 0 Å². The summed E-state index contributed by atoms with van der Waals surface area (Å²) in [5.41, 5.74) is 13.5. The van der Waals surface area contributed by atoms with Gasteiger partial charge in [-0.2, -0.15) is 0 Å². The predicted molar refractivity (Wildman–Crippen MR) is 202 cm³/mol. The van der Waals surface area contributed by atoms with Gasteiger partial charge in [-0.1, -0.05) is 71.4 Å². The molecule has 3 aromatic rings. The quantitative estimate of drug-likeness (QED) is 0.262. The Hall–Kier alpha value is -3.39.